The van der Waals surface area contributed by atoms with Gasteiger partial charge in [-0.25, -0.2) is 15.0 Å². The van der Waals surface area contributed by atoms with Crippen LogP contribution in [0, 0.1) is 0 Å². The largest absolute Gasteiger partial charge is 0.417 e. The van der Waals surface area contributed by atoms with E-state index in [1.807, 2.05) is 4.90 Å². The van der Waals surface area contributed by atoms with E-state index in [-0.39, 0.29) is 17.7 Å². The number of hydrogen-bond acceptors (Lipinski definition) is 6. The highest BCUT2D eigenvalue weighted by Gasteiger charge is 2.31. The number of nitrogens with one attached hydrogen (secondary N) is 1. The van der Waals surface area contributed by atoms with Crippen molar-refractivity contribution in [3.05, 3.63) is 42.4 Å². The Hall–Kier alpha value is -2.36. The van der Waals surface area contributed by atoms with Crippen LogP contribution < -0.4 is 10.2 Å². The van der Waals surface area contributed by atoms with Crippen molar-refractivity contribution in [2.75, 3.05) is 23.7 Å². The molecule has 1 N–H and O–H groups in total. The second-order valence-electron chi connectivity index (χ2n) is 6.08. The Morgan fingerprint density at radius 2 is 2.04 bits per heavy atom. The van der Waals surface area contributed by atoms with Gasteiger partial charge in [-0.05, 0) is 31.0 Å². The maximum atomic E-state index is 12.7. The summed E-state index contributed by atoms with van der Waals surface area (Å²) >= 11 is 1.25. The second-order valence-corrected chi connectivity index (χ2v) is 7.02. The number of nitrogens with zero attached hydrogens (tertiary/aromatic N) is 4. The lowest BCUT2D eigenvalue weighted by atomic mass is 10.1. The quantitative estimate of drug-likeness (QED) is 0.618. The average Bonchev–Trinajstić information content (AvgIpc) is 2.67. The number of amides is 1. The minimum atomic E-state index is -4.40. The van der Waals surface area contributed by atoms with Gasteiger partial charge in [0.2, 0.25) is 5.91 Å². The first-order valence-electron chi connectivity index (χ1n) is 8.39. The summed E-state index contributed by atoms with van der Waals surface area (Å²) in [6.45, 7) is 1.20. The molecule has 10 heteroatoms. The van der Waals surface area contributed by atoms with Crippen LogP contribution in [0.3, 0.4) is 0 Å². The third kappa shape index (κ3) is 5.56. The molecule has 6 nitrogen and oxygen atoms in total. The molecule has 1 amide bonds. The predicted octanol–water partition coefficient (Wildman–Crippen LogP) is 2.77. The number of rotatable bonds is 5. The summed E-state index contributed by atoms with van der Waals surface area (Å²) in [4.78, 5) is 26.1. The summed E-state index contributed by atoms with van der Waals surface area (Å²) in [5.41, 5.74) is -0.770. The zero-order valence-corrected chi connectivity index (χ0v) is 15.1. The summed E-state index contributed by atoms with van der Waals surface area (Å²) in [7, 11) is 0. The van der Waals surface area contributed by atoms with Crippen LogP contribution in [0.5, 0.6) is 0 Å². The molecule has 2 aromatic heterocycles. The molecule has 0 radical (unpaired) electrons. The van der Waals surface area contributed by atoms with Crippen molar-refractivity contribution in [3.63, 3.8) is 0 Å². The van der Waals surface area contributed by atoms with Crippen LogP contribution in [0.15, 0.2) is 41.9 Å². The SMILES string of the molecule is O=C(CSc1ncccn1)NC1CCCN(c2ccc(C(F)(F)F)cn2)C1. The molecule has 0 aromatic carbocycles. The van der Waals surface area contributed by atoms with Crippen LogP contribution in [0.25, 0.3) is 0 Å². The minimum Gasteiger partial charge on any atom is -0.355 e. The third-order valence-corrected chi connectivity index (χ3v) is 4.94. The number of halogens is 3. The standard InChI is InChI=1S/C17H18F3N5OS/c18-17(19,20)12-4-5-14(23-9-12)25-8-1-3-13(10-25)24-15(26)11-27-16-21-6-2-7-22-16/h2,4-7,9,13H,1,3,8,10-11H2,(H,24,26). The monoisotopic (exact) mass is 397 g/mol. The van der Waals surface area contributed by atoms with E-state index in [2.05, 4.69) is 20.3 Å². The molecule has 3 heterocycles. The lowest BCUT2D eigenvalue weighted by Crippen LogP contribution is -2.48. The average molecular weight is 397 g/mol. The van der Waals surface area contributed by atoms with Crippen molar-refractivity contribution in [2.45, 2.75) is 30.2 Å². The van der Waals surface area contributed by atoms with Gasteiger partial charge in [-0.3, -0.25) is 4.79 Å². The van der Waals surface area contributed by atoms with Gasteiger partial charge in [-0.1, -0.05) is 11.8 Å². The van der Waals surface area contributed by atoms with Crippen molar-refractivity contribution in [2.24, 2.45) is 0 Å². The zero-order valence-electron chi connectivity index (χ0n) is 14.3. The van der Waals surface area contributed by atoms with Gasteiger partial charge < -0.3 is 10.2 Å². The molecule has 1 aliphatic heterocycles. The Kier molecular flexibility index (Phi) is 6.15. The number of thioether (sulfide) groups is 1. The number of hydrogen-bond donors (Lipinski definition) is 1. The summed E-state index contributed by atoms with van der Waals surface area (Å²) in [5, 5.41) is 3.49. The highest BCUT2D eigenvalue weighted by Crippen LogP contribution is 2.29. The Labute approximate surface area is 158 Å². The number of anilines is 1. The molecular weight excluding hydrogens is 379 g/mol. The maximum Gasteiger partial charge on any atom is 0.417 e. The fourth-order valence-corrected chi connectivity index (χ4v) is 3.42. The predicted molar refractivity (Wildman–Crippen MR) is 95.4 cm³/mol. The highest BCUT2D eigenvalue weighted by molar-refractivity contribution is 7.99. The normalized spacial score (nSPS) is 17.6. The van der Waals surface area contributed by atoms with Crippen molar-refractivity contribution in [1.82, 2.24) is 20.3 Å². The lowest BCUT2D eigenvalue weighted by molar-refractivity contribution is -0.137. The Morgan fingerprint density at radius 3 is 2.70 bits per heavy atom. The Bertz CT molecular complexity index is 757. The van der Waals surface area contributed by atoms with E-state index in [9.17, 15) is 18.0 Å². The lowest BCUT2D eigenvalue weighted by Gasteiger charge is -2.34. The first-order valence-corrected chi connectivity index (χ1v) is 9.38. The number of carbonyl (C=O) groups is 1. The summed E-state index contributed by atoms with van der Waals surface area (Å²) in [6.07, 6.45) is 1.31. The molecule has 0 saturated carbocycles. The van der Waals surface area contributed by atoms with E-state index in [1.165, 1.54) is 17.8 Å². The van der Waals surface area contributed by atoms with Gasteiger partial charge in [0.15, 0.2) is 5.16 Å². The Balaban J connectivity index is 1.52. The fourth-order valence-electron chi connectivity index (χ4n) is 2.80. The summed E-state index contributed by atoms with van der Waals surface area (Å²) in [6, 6.07) is 4.03. The van der Waals surface area contributed by atoms with Gasteiger partial charge >= 0.3 is 6.18 Å². The van der Waals surface area contributed by atoms with Crippen LogP contribution in [0.1, 0.15) is 18.4 Å². The number of aromatic nitrogens is 3. The minimum absolute atomic E-state index is 0.0763. The van der Waals surface area contributed by atoms with Crippen molar-refractivity contribution in [3.8, 4) is 0 Å². The molecule has 1 fully saturated rings. The van der Waals surface area contributed by atoms with Crippen molar-refractivity contribution >= 4 is 23.5 Å². The number of carbonyl (C=O) groups excluding carboxylic acids is 1. The van der Waals surface area contributed by atoms with Gasteiger partial charge in [-0.15, -0.1) is 0 Å². The summed E-state index contributed by atoms with van der Waals surface area (Å²) in [5.74, 6) is 0.563. The molecule has 27 heavy (non-hydrogen) atoms. The van der Waals surface area contributed by atoms with Crippen LogP contribution in [0.2, 0.25) is 0 Å². The van der Waals surface area contributed by atoms with Gasteiger partial charge in [-0.2, -0.15) is 13.2 Å². The molecule has 0 bridgehead atoms. The van der Waals surface area contributed by atoms with Gasteiger partial charge in [0, 0.05) is 37.7 Å². The van der Waals surface area contributed by atoms with E-state index < -0.39 is 11.7 Å². The van der Waals surface area contributed by atoms with E-state index in [4.69, 9.17) is 0 Å². The molecular formula is C17H18F3N5OS. The van der Waals surface area contributed by atoms with E-state index in [0.717, 1.165) is 25.1 Å². The van der Waals surface area contributed by atoms with E-state index in [1.54, 1.807) is 18.5 Å². The van der Waals surface area contributed by atoms with Gasteiger partial charge in [0.1, 0.15) is 5.82 Å². The fraction of sp³-hybridized carbons (Fsp3) is 0.412. The molecule has 1 saturated heterocycles. The van der Waals surface area contributed by atoms with Gasteiger partial charge in [0.25, 0.3) is 0 Å². The zero-order chi connectivity index (χ0) is 19.3. The number of piperidine rings is 1. The van der Waals surface area contributed by atoms with Crippen molar-refractivity contribution < 1.29 is 18.0 Å². The smallest absolute Gasteiger partial charge is 0.355 e. The highest BCUT2D eigenvalue weighted by atomic mass is 32.2. The number of alkyl halides is 3. The first kappa shape index (κ1) is 19.4. The molecule has 0 spiro atoms. The second kappa shape index (κ2) is 8.55. The molecule has 2 aromatic rings. The summed E-state index contributed by atoms with van der Waals surface area (Å²) < 4.78 is 38.0. The van der Waals surface area contributed by atoms with E-state index >= 15 is 0 Å². The molecule has 3 rings (SSSR count). The molecule has 144 valence electrons. The van der Waals surface area contributed by atoms with E-state index in [0.29, 0.717) is 24.1 Å². The van der Waals surface area contributed by atoms with Gasteiger partial charge in [0.05, 0.1) is 11.3 Å². The number of pyridine rings is 1. The van der Waals surface area contributed by atoms with Crippen molar-refractivity contribution in [1.29, 1.82) is 0 Å². The molecule has 1 atom stereocenters. The topological polar surface area (TPSA) is 71.0 Å². The molecule has 0 aliphatic carbocycles. The van der Waals surface area contributed by atoms with Crippen LogP contribution in [-0.2, 0) is 11.0 Å². The molecule has 1 unspecified atom stereocenters. The maximum absolute atomic E-state index is 12.7. The molecule has 1 aliphatic rings. The Morgan fingerprint density at radius 1 is 1.26 bits per heavy atom. The third-order valence-electron chi connectivity index (χ3n) is 4.06. The van der Waals surface area contributed by atoms with Crippen LogP contribution in [-0.4, -0.2) is 45.7 Å². The first-order chi connectivity index (χ1) is 12.9. The van der Waals surface area contributed by atoms with Crippen LogP contribution in [0.4, 0.5) is 19.0 Å². The van der Waals surface area contributed by atoms with Crippen LogP contribution >= 0.6 is 11.8 Å².